The Morgan fingerprint density at radius 1 is 1.09 bits per heavy atom. The Morgan fingerprint density at radius 3 is 2.47 bits per heavy atom. The molecule has 1 unspecified atom stereocenters. The van der Waals surface area contributed by atoms with Crippen molar-refractivity contribution in [1.29, 1.82) is 0 Å². The molecule has 1 N–H and O–H groups in total. The SMILES string of the molecule is CCC(CC)NC(=O)C1CN(C(=O)c2ccc(N3CCOC3=O)cc2)c2ccccc2O1. The van der Waals surface area contributed by atoms with Crippen LogP contribution in [0.3, 0.4) is 0 Å². The molecule has 168 valence electrons. The number of fused-ring (bicyclic) bond motifs is 1. The molecule has 8 heteroatoms. The Kier molecular flexibility index (Phi) is 6.30. The second-order valence-corrected chi connectivity index (χ2v) is 7.82. The van der Waals surface area contributed by atoms with Crippen molar-refractivity contribution < 1.29 is 23.9 Å². The summed E-state index contributed by atoms with van der Waals surface area (Å²) in [5.74, 6) is 0.0266. The van der Waals surface area contributed by atoms with Crippen molar-refractivity contribution in [1.82, 2.24) is 5.32 Å². The maximum absolute atomic E-state index is 13.4. The first kappa shape index (κ1) is 21.7. The molecule has 2 aromatic carbocycles. The van der Waals surface area contributed by atoms with Crippen molar-refractivity contribution >= 4 is 29.3 Å². The average molecular weight is 437 g/mol. The van der Waals surface area contributed by atoms with E-state index in [1.165, 1.54) is 4.90 Å². The number of nitrogens with zero attached hydrogens (tertiary/aromatic N) is 2. The summed E-state index contributed by atoms with van der Waals surface area (Å²) in [4.78, 5) is 41.1. The number of nitrogens with one attached hydrogen (secondary N) is 1. The largest absolute Gasteiger partial charge is 0.477 e. The predicted molar refractivity (Wildman–Crippen MR) is 120 cm³/mol. The Hall–Kier alpha value is -3.55. The van der Waals surface area contributed by atoms with Gasteiger partial charge in [0.1, 0.15) is 12.4 Å². The zero-order chi connectivity index (χ0) is 22.7. The molecule has 3 amide bonds. The van der Waals surface area contributed by atoms with Crippen LogP contribution >= 0.6 is 0 Å². The highest BCUT2D eigenvalue weighted by Crippen LogP contribution is 2.34. The third kappa shape index (κ3) is 4.26. The van der Waals surface area contributed by atoms with Crippen LogP contribution in [0.15, 0.2) is 48.5 Å². The second-order valence-electron chi connectivity index (χ2n) is 7.82. The summed E-state index contributed by atoms with van der Waals surface area (Å²) in [6, 6.07) is 14.1. The minimum atomic E-state index is -0.798. The molecule has 0 radical (unpaired) electrons. The first-order valence-electron chi connectivity index (χ1n) is 10.9. The Bertz CT molecular complexity index is 1000. The van der Waals surface area contributed by atoms with Gasteiger partial charge in [0.05, 0.1) is 18.8 Å². The first-order valence-corrected chi connectivity index (χ1v) is 10.9. The smallest absolute Gasteiger partial charge is 0.414 e. The van der Waals surface area contributed by atoms with Crippen LogP contribution < -0.4 is 19.9 Å². The van der Waals surface area contributed by atoms with Crippen LogP contribution in [0.4, 0.5) is 16.2 Å². The summed E-state index contributed by atoms with van der Waals surface area (Å²) in [5, 5.41) is 3.01. The van der Waals surface area contributed by atoms with Crippen LogP contribution in [0.25, 0.3) is 0 Å². The number of ether oxygens (including phenoxy) is 2. The zero-order valence-corrected chi connectivity index (χ0v) is 18.2. The molecule has 1 saturated heterocycles. The van der Waals surface area contributed by atoms with Crippen LogP contribution in [0, 0.1) is 0 Å². The second kappa shape index (κ2) is 9.30. The number of rotatable bonds is 6. The molecule has 0 bridgehead atoms. The molecule has 4 rings (SSSR count). The number of hydrogen-bond donors (Lipinski definition) is 1. The molecule has 0 spiro atoms. The van der Waals surface area contributed by atoms with Crippen molar-refractivity contribution in [2.75, 3.05) is 29.5 Å². The summed E-state index contributed by atoms with van der Waals surface area (Å²) < 4.78 is 10.9. The highest BCUT2D eigenvalue weighted by Gasteiger charge is 2.35. The number of hydrogen-bond acceptors (Lipinski definition) is 5. The quantitative estimate of drug-likeness (QED) is 0.749. The summed E-state index contributed by atoms with van der Waals surface area (Å²) in [7, 11) is 0. The standard InChI is InChI=1S/C24H27N3O5/c1-3-17(4-2)25-22(28)21-15-27(19-7-5-6-8-20(19)32-21)23(29)16-9-11-18(12-10-16)26-13-14-31-24(26)30/h5-12,17,21H,3-4,13-15H2,1-2H3,(H,25,28). The Morgan fingerprint density at radius 2 is 1.81 bits per heavy atom. The third-order valence-corrected chi connectivity index (χ3v) is 5.83. The molecule has 0 saturated carbocycles. The summed E-state index contributed by atoms with van der Waals surface area (Å²) in [5.41, 5.74) is 1.75. The highest BCUT2D eigenvalue weighted by molar-refractivity contribution is 6.08. The number of cyclic esters (lactones) is 1. The van der Waals surface area contributed by atoms with Gasteiger partial charge < -0.3 is 19.7 Å². The van der Waals surface area contributed by atoms with Gasteiger partial charge in [-0.2, -0.15) is 0 Å². The van der Waals surface area contributed by atoms with Crippen molar-refractivity contribution in [3.63, 3.8) is 0 Å². The number of carbonyl (C=O) groups is 3. The normalized spacial score (nSPS) is 17.6. The molecular formula is C24H27N3O5. The number of amides is 3. The van der Waals surface area contributed by atoms with E-state index >= 15 is 0 Å². The number of carbonyl (C=O) groups excluding carboxylic acids is 3. The van der Waals surface area contributed by atoms with Gasteiger partial charge in [-0.25, -0.2) is 4.79 Å². The van der Waals surface area contributed by atoms with Gasteiger partial charge in [0, 0.05) is 17.3 Å². The lowest BCUT2D eigenvalue weighted by Crippen LogP contribution is -2.52. The van der Waals surface area contributed by atoms with E-state index in [2.05, 4.69) is 5.32 Å². The van der Waals surface area contributed by atoms with Gasteiger partial charge in [-0.15, -0.1) is 0 Å². The van der Waals surface area contributed by atoms with Crippen LogP contribution in [0.2, 0.25) is 0 Å². The maximum Gasteiger partial charge on any atom is 0.414 e. The molecule has 0 aliphatic carbocycles. The number of anilines is 2. The van der Waals surface area contributed by atoms with Crippen molar-refractivity contribution in [3.8, 4) is 5.75 Å². The average Bonchev–Trinajstić information content (AvgIpc) is 3.27. The first-order chi connectivity index (χ1) is 15.5. The fourth-order valence-corrected chi connectivity index (χ4v) is 3.92. The highest BCUT2D eigenvalue weighted by atomic mass is 16.6. The molecular weight excluding hydrogens is 410 g/mol. The van der Waals surface area contributed by atoms with Crippen LogP contribution in [0.1, 0.15) is 37.0 Å². The van der Waals surface area contributed by atoms with E-state index in [0.29, 0.717) is 35.8 Å². The molecule has 32 heavy (non-hydrogen) atoms. The molecule has 0 aromatic heterocycles. The lowest BCUT2D eigenvalue weighted by molar-refractivity contribution is -0.128. The molecule has 2 heterocycles. The van der Waals surface area contributed by atoms with Crippen LogP contribution in [-0.4, -0.2) is 49.7 Å². The van der Waals surface area contributed by atoms with E-state index in [1.54, 1.807) is 41.3 Å². The third-order valence-electron chi connectivity index (χ3n) is 5.83. The van der Waals surface area contributed by atoms with E-state index < -0.39 is 12.2 Å². The van der Waals surface area contributed by atoms with Crippen molar-refractivity contribution in [2.24, 2.45) is 0 Å². The molecule has 8 nitrogen and oxygen atoms in total. The van der Waals surface area contributed by atoms with E-state index in [-0.39, 0.29) is 24.4 Å². The van der Waals surface area contributed by atoms with E-state index in [9.17, 15) is 14.4 Å². The fraction of sp³-hybridized carbons (Fsp3) is 0.375. The van der Waals surface area contributed by atoms with Gasteiger partial charge in [0.2, 0.25) is 0 Å². The lowest BCUT2D eigenvalue weighted by atomic mass is 10.1. The van der Waals surface area contributed by atoms with Gasteiger partial charge in [-0.05, 0) is 49.2 Å². The minimum Gasteiger partial charge on any atom is -0.477 e. The predicted octanol–water partition coefficient (Wildman–Crippen LogP) is 3.36. The Labute approximate surface area is 187 Å². The topological polar surface area (TPSA) is 88.2 Å². The van der Waals surface area contributed by atoms with Crippen molar-refractivity contribution in [3.05, 3.63) is 54.1 Å². The molecule has 1 fully saturated rings. The Balaban J connectivity index is 1.56. The molecule has 2 aromatic rings. The summed E-state index contributed by atoms with van der Waals surface area (Å²) >= 11 is 0. The van der Waals surface area contributed by atoms with Crippen LogP contribution in [0.5, 0.6) is 5.75 Å². The summed E-state index contributed by atoms with van der Waals surface area (Å²) in [6.45, 7) is 4.99. The zero-order valence-electron chi connectivity index (χ0n) is 18.2. The monoisotopic (exact) mass is 437 g/mol. The van der Waals surface area contributed by atoms with Crippen molar-refractivity contribution in [2.45, 2.75) is 38.8 Å². The van der Waals surface area contributed by atoms with Gasteiger partial charge >= 0.3 is 6.09 Å². The van der Waals surface area contributed by atoms with Gasteiger partial charge in [-0.1, -0.05) is 26.0 Å². The van der Waals surface area contributed by atoms with Gasteiger partial charge in [-0.3, -0.25) is 14.5 Å². The van der Waals surface area contributed by atoms with Gasteiger partial charge in [0.25, 0.3) is 11.8 Å². The summed E-state index contributed by atoms with van der Waals surface area (Å²) in [6.07, 6.45) is 0.460. The van der Waals surface area contributed by atoms with Gasteiger partial charge in [0.15, 0.2) is 6.10 Å². The minimum absolute atomic E-state index is 0.0669. The fourth-order valence-electron chi connectivity index (χ4n) is 3.92. The van der Waals surface area contributed by atoms with Crippen LogP contribution in [-0.2, 0) is 9.53 Å². The molecule has 2 aliphatic heterocycles. The van der Waals surface area contributed by atoms with E-state index in [4.69, 9.17) is 9.47 Å². The number of benzene rings is 2. The van der Waals surface area contributed by atoms with E-state index in [1.807, 2.05) is 26.0 Å². The maximum atomic E-state index is 13.4. The molecule has 2 aliphatic rings. The number of para-hydroxylation sites is 2. The molecule has 1 atom stereocenters. The van der Waals surface area contributed by atoms with E-state index in [0.717, 1.165) is 12.8 Å². The lowest BCUT2D eigenvalue weighted by Gasteiger charge is -2.34.